The van der Waals surface area contributed by atoms with E-state index in [1.807, 2.05) is 68.1 Å². The van der Waals surface area contributed by atoms with E-state index >= 15 is 0 Å². The highest BCUT2D eigenvalue weighted by molar-refractivity contribution is 6.00. The fourth-order valence-electron chi connectivity index (χ4n) is 4.33. The van der Waals surface area contributed by atoms with Gasteiger partial charge in [-0.05, 0) is 63.8 Å². The smallest absolute Gasteiger partial charge is 0.410 e. The van der Waals surface area contributed by atoms with Crippen LogP contribution in [0.5, 0.6) is 0 Å². The highest BCUT2D eigenvalue weighted by atomic mass is 16.6. The summed E-state index contributed by atoms with van der Waals surface area (Å²) in [5.41, 5.74) is 2.29. The number of amides is 2. The van der Waals surface area contributed by atoms with Crippen LogP contribution in [-0.2, 0) is 4.74 Å². The second-order valence-electron chi connectivity index (χ2n) is 10.0. The number of benzene rings is 1. The van der Waals surface area contributed by atoms with Gasteiger partial charge in [-0.25, -0.2) is 9.48 Å². The van der Waals surface area contributed by atoms with Crippen molar-refractivity contribution in [3.8, 4) is 16.9 Å². The molecule has 4 rings (SSSR count). The lowest BCUT2D eigenvalue weighted by atomic mass is 9.96. The van der Waals surface area contributed by atoms with Gasteiger partial charge in [-0.15, -0.1) is 0 Å². The van der Waals surface area contributed by atoms with E-state index in [-0.39, 0.29) is 17.9 Å². The van der Waals surface area contributed by atoms with Crippen molar-refractivity contribution in [1.82, 2.24) is 24.6 Å². The van der Waals surface area contributed by atoms with E-state index in [1.54, 1.807) is 35.2 Å². The minimum Gasteiger partial charge on any atom is -0.444 e. The van der Waals surface area contributed by atoms with Crippen LogP contribution in [0.25, 0.3) is 16.9 Å². The van der Waals surface area contributed by atoms with Crippen molar-refractivity contribution in [2.24, 2.45) is 5.92 Å². The number of carbonyl (C=O) groups excluding carboxylic acids is 2. The predicted molar refractivity (Wildman–Crippen MR) is 134 cm³/mol. The lowest BCUT2D eigenvalue weighted by Gasteiger charge is -2.35. The molecule has 1 aliphatic rings. The van der Waals surface area contributed by atoms with Crippen molar-refractivity contribution in [1.29, 1.82) is 0 Å². The molecule has 1 fully saturated rings. The number of piperidine rings is 1. The summed E-state index contributed by atoms with van der Waals surface area (Å²) in [6.45, 7) is 7.36. The first-order valence-corrected chi connectivity index (χ1v) is 12.0. The summed E-state index contributed by atoms with van der Waals surface area (Å²) in [7, 11) is 1.75. The summed E-state index contributed by atoms with van der Waals surface area (Å²) < 4.78 is 7.23. The zero-order valence-electron chi connectivity index (χ0n) is 20.8. The number of hydrogen-bond donors (Lipinski definition) is 0. The van der Waals surface area contributed by atoms with Crippen LogP contribution in [-0.4, -0.2) is 68.8 Å². The third kappa shape index (κ3) is 6.07. The van der Waals surface area contributed by atoms with Crippen molar-refractivity contribution in [3.63, 3.8) is 0 Å². The number of rotatable bonds is 5. The minimum atomic E-state index is -0.540. The highest BCUT2D eigenvalue weighted by Gasteiger charge is 2.30. The molecule has 3 heterocycles. The average Bonchev–Trinajstić information content (AvgIpc) is 3.29. The Morgan fingerprint density at radius 3 is 2.60 bits per heavy atom. The van der Waals surface area contributed by atoms with Gasteiger partial charge in [0, 0.05) is 50.8 Å². The van der Waals surface area contributed by atoms with Crippen LogP contribution in [0.3, 0.4) is 0 Å². The Morgan fingerprint density at radius 2 is 1.91 bits per heavy atom. The molecule has 0 aliphatic carbocycles. The molecular weight excluding hydrogens is 442 g/mol. The second kappa shape index (κ2) is 10.3. The van der Waals surface area contributed by atoms with Gasteiger partial charge in [-0.1, -0.05) is 18.2 Å². The Labute approximate surface area is 206 Å². The molecular formula is C27H33N5O3. The lowest BCUT2D eigenvalue weighted by Crippen LogP contribution is -2.45. The van der Waals surface area contributed by atoms with Crippen LogP contribution in [0.1, 0.15) is 44.0 Å². The highest BCUT2D eigenvalue weighted by Crippen LogP contribution is 2.27. The summed E-state index contributed by atoms with van der Waals surface area (Å²) in [6.07, 6.45) is 6.72. The molecule has 3 aromatic rings. The molecule has 0 radical (unpaired) electrons. The molecule has 1 saturated heterocycles. The summed E-state index contributed by atoms with van der Waals surface area (Å²) in [5.74, 6) is 0.117. The number of ether oxygens (including phenoxy) is 1. The number of aromatic nitrogens is 3. The average molecular weight is 476 g/mol. The van der Waals surface area contributed by atoms with Gasteiger partial charge < -0.3 is 14.5 Å². The maximum atomic E-state index is 13.7. The molecule has 1 aromatic carbocycles. The van der Waals surface area contributed by atoms with Gasteiger partial charge >= 0.3 is 6.09 Å². The van der Waals surface area contributed by atoms with Gasteiger partial charge in [0.15, 0.2) is 0 Å². The summed E-state index contributed by atoms with van der Waals surface area (Å²) in [5, 5.41) is 4.75. The van der Waals surface area contributed by atoms with Crippen LogP contribution in [0.2, 0.25) is 0 Å². The summed E-state index contributed by atoms with van der Waals surface area (Å²) in [6, 6.07) is 13.5. The first kappa shape index (κ1) is 24.4. The van der Waals surface area contributed by atoms with Gasteiger partial charge in [-0.3, -0.25) is 9.78 Å². The topological polar surface area (TPSA) is 80.6 Å². The molecule has 1 unspecified atom stereocenters. The normalized spacial score (nSPS) is 16.1. The van der Waals surface area contributed by atoms with E-state index in [0.717, 1.165) is 24.1 Å². The molecule has 0 saturated carbocycles. The summed E-state index contributed by atoms with van der Waals surface area (Å²) >= 11 is 0. The molecule has 1 aliphatic heterocycles. The lowest BCUT2D eigenvalue weighted by molar-refractivity contribution is 0.0244. The van der Waals surface area contributed by atoms with E-state index in [4.69, 9.17) is 9.84 Å². The van der Waals surface area contributed by atoms with E-state index in [2.05, 4.69) is 4.98 Å². The van der Waals surface area contributed by atoms with Crippen molar-refractivity contribution >= 4 is 12.0 Å². The Hall–Kier alpha value is -3.68. The second-order valence-corrected chi connectivity index (χ2v) is 10.0. The number of carbonyl (C=O) groups is 2. The van der Waals surface area contributed by atoms with Gasteiger partial charge in [0.2, 0.25) is 0 Å². The van der Waals surface area contributed by atoms with E-state index < -0.39 is 5.60 Å². The Kier molecular flexibility index (Phi) is 7.19. The quantitative estimate of drug-likeness (QED) is 0.536. The number of pyridine rings is 1. The zero-order valence-corrected chi connectivity index (χ0v) is 20.8. The van der Waals surface area contributed by atoms with Crippen molar-refractivity contribution in [2.45, 2.75) is 39.2 Å². The monoisotopic (exact) mass is 475 g/mol. The van der Waals surface area contributed by atoms with Crippen LogP contribution < -0.4 is 0 Å². The Bertz CT molecular complexity index is 1150. The Balaban J connectivity index is 1.54. The van der Waals surface area contributed by atoms with Crippen LogP contribution >= 0.6 is 0 Å². The standard InChI is InChI=1S/C27H33N5O3/c1-27(2,3)35-26(34)30(4)17-20-10-9-15-31(18-20)25(33)23-19-32(22-12-6-5-7-13-22)29-24(23)21-11-8-14-28-16-21/h5-8,11-14,16,19-20H,9-10,15,17-18H2,1-4H3. The molecule has 0 spiro atoms. The molecule has 184 valence electrons. The number of hydrogen-bond acceptors (Lipinski definition) is 5. The molecule has 0 bridgehead atoms. The molecule has 35 heavy (non-hydrogen) atoms. The number of para-hydroxylation sites is 1. The van der Waals surface area contributed by atoms with Crippen molar-refractivity contribution in [3.05, 3.63) is 66.6 Å². The number of nitrogens with zero attached hydrogens (tertiary/aromatic N) is 5. The van der Waals surface area contributed by atoms with Gasteiger partial charge in [0.05, 0.1) is 11.3 Å². The molecule has 8 nitrogen and oxygen atoms in total. The molecule has 2 amide bonds. The van der Waals surface area contributed by atoms with E-state index in [0.29, 0.717) is 30.9 Å². The largest absolute Gasteiger partial charge is 0.444 e. The van der Waals surface area contributed by atoms with E-state index in [9.17, 15) is 9.59 Å². The van der Waals surface area contributed by atoms with Crippen LogP contribution in [0.15, 0.2) is 61.1 Å². The Morgan fingerprint density at radius 1 is 1.14 bits per heavy atom. The third-order valence-corrected chi connectivity index (χ3v) is 5.94. The first-order valence-electron chi connectivity index (χ1n) is 12.0. The minimum absolute atomic E-state index is 0.0596. The van der Waals surface area contributed by atoms with Gasteiger partial charge in [0.1, 0.15) is 11.3 Å². The molecule has 0 N–H and O–H groups in total. The molecule has 2 aromatic heterocycles. The third-order valence-electron chi connectivity index (χ3n) is 5.94. The molecule has 8 heteroatoms. The fraction of sp³-hybridized carbons (Fsp3) is 0.407. The number of likely N-dealkylation sites (tertiary alicyclic amines) is 1. The summed E-state index contributed by atoms with van der Waals surface area (Å²) in [4.78, 5) is 33.9. The van der Waals surface area contributed by atoms with Gasteiger partial charge in [-0.2, -0.15) is 5.10 Å². The van der Waals surface area contributed by atoms with Crippen LogP contribution in [0, 0.1) is 5.92 Å². The van der Waals surface area contributed by atoms with E-state index in [1.165, 1.54) is 0 Å². The fourth-order valence-corrected chi connectivity index (χ4v) is 4.33. The van der Waals surface area contributed by atoms with Crippen molar-refractivity contribution < 1.29 is 14.3 Å². The van der Waals surface area contributed by atoms with Gasteiger partial charge in [0.25, 0.3) is 5.91 Å². The zero-order chi connectivity index (χ0) is 25.0. The maximum absolute atomic E-state index is 13.7. The maximum Gasteiger partial charge on any atom is 0.410 e. The SMILES string of the molecule is CN(CC1CCCN(C(=O)c2cn(-c3ccccc3)nc2-c2cccnc2)C1)C(=O)OC(C)(C)C. The van der Waals surface area contributed by atoms with Crippen molar-refractivity contribution in [2.75, 3.05) is 26.7 Å². The predicted octanol–water partition coefficient (Wildman–Crippen LogP) is 4.65. The molecule has 1 atom stereocenters. The van der Waals surface area contributed by atoms with Crippen LogP contribution in [0.4, 0.5) is 4.79 Å². The first-order chi connectivity index (χ1) is 16.7.